The van der Waals surface area contributed by atoms with Crippen LogP contribution in [-0.2, 0) is 22.9 Å². The first-order valence-electron chi connectivity index (χ1n) is 14.3. The van der Waals surface area contributed by atoms with Crippen LogP contribution in [0.1, 0.15) is 41.5 Å². The summed E-state index contributed by atoms with van der Waals surface area (Å²) < 4.78 is 39.7. The SMILES string of the molecule is CNCCCNc1nc(Nc2cccc(C)c2)ncc1-c1ccc(CNC(=O)C2(c3cccc(C(F)(F)F)c3)CC2)cc1. The fourth-order valence-corrected chi connectivity index (χ4v) is 5.03. The number of anilines is 3. The Balaban J connectivity index is 1.28. The van der Waals surface area contributed by atoms with Gasteiger partial charge in [0.15, 0.2) is 0 Å². The van der Waals surface area contributed by atoms with Crippen LogP contribution in [-0.4, -0.2) is 36.0 Å². The first-order chi connectivity index (χ1) is 20.7. The summed E-state index contributed by atoms with van der Waals surface area (Å²) in [6, 6.07) is 20.8. The highest BCUT2D eigenvalue weighted by atomic mass is 19.4. The van der Waals surface area contributed by atoms with E-state index in [1.54, 1.807) is 12.3 Å². The predicted octanol–water partition coefficient (Wildman–Crippen LogP) is 6.58. The highest BCUT2D eigenvalue weighted by Gasteiger charge is 2.51. The molecule has 3 aromatic carbocycles. The van der Waals surface area contributed by atoms with E-state index in [1.807, 2.05) is 62.5 Å². The van der Waals surface area contributed by atoms with Crippen LogP contribution in [0, 0.1) is 6.92 Å². The molecule has 224 valence electrons. The molecular weight excluding hydrogens is 553 g/mol. The maximum atomic E-state index is 13.2. The zero-order chi connectivity index (χ0) is 30.5. The van der Waals surface area contributed by atoms with Gasteiger partial charge < -0.3 is 21.3 Å². The van der Waals surface area contributed by atoms with Crippen molar-refractivity contribution < 1.29 is 18.0 Å². The Bertz CT molecular complexity index is 1570. The summed E-state index contributed by atoms with van der Waals surface area (Å²) in [5.41, 5.74) is 3.43. The van der Waals surface area contributed by atoms with Gasteiger partial charge in [-0.25, -0.2) is 4.98 Å². The molecule has 1 amide bonds. The minimum Gasteiger partial charge on any atom is -0.369 e. The van der Waals surface area contributed by atoms with Crippen LogP contribution in [0.2, 0.25) is 0 Å². The van der Waals surface area contributed by atoms with Gasteiger partial charge in [0.05, 0.1) is 11.0 Å². The topological polar surface area (TPSA) is 91.0 Å². The van der Waals surface area contributed by atoms with Crippen molar-refractivity contribution in [3.8, 4) is 11.1 Å². The molecule has 0 bridgehead atoms. The van der Waals surface area contributed by atoms with Gasteiger partial charge in [0, 0.05) is 30.5 Å². The fourth-order valence-electron chi connectivity index (χ4n) is 5.03. The smallest absolute Gasteiger partial charge is 0.369 e. The summed E-state index contributed by atoms with van der Waals surface area (Å²) in [4.78, 5) is 22.4. The van der Waals surface area contributed by atoms with Crippen molar-refractivity contribution in [2.75, 3.05) is 30.8 Å². The van der Waals surface area contributed by atoms with Crippen LogP contribution in [0.25, 0.3) is 11.1 Å². The van der Waals surface area contributed by atoms with Crippen LogP contribution < -0.4 is 21.3 Å². The molecule has 0 aliphatic heterocycles. The van der Waals surface area contributed by atoms with Gasteiger partial charge in [0.2, 0.25) is 11.9 Å². The van der Waals surface area contributed by atoms with Crippen molar-refractivity contribution >= 4 is 23.4 Å². The molecule has 0 saturated heterocycles. The number of amides is 1. The van der Waals surface area contributed by atoms with Gasteiger partial charge >= 0.3 is 6.18 Å². The van der Waals surface area contributed by atoms with Crippen molar-refractivity contribution in [1.29, 1.82) is 0 Å². The van der Waals surface area contributed by atoms with E-state index in [0.29, 0.717) is 30.2 Å². The van der Waals surface area contributed by atoms with Gasteiger partial charge in [0.1, 0.15) is 5.82 Å². The number of hydrogen-bond donors (Lipinski definition) is 4. The molecule has 1 aliphatic carbocycles. The summed E-state index contributed by atoms with van der Waals surface area (Å²) in [7, 11) is 1.92. The number of hydrogen-bond acceptors (Lipinski definition) is 6. The molecule has 0 unspecified atom stereocenters. The molecule has 1 heterocycles. The van der Waals surface area contributed by atoms with Gasteiger partial charge in [-0.05, 0) is 80.2 Å². The average Bonchev–Trinajstić information content (AvgIpc) is 3.81. The summed E-state index contributed by atoms with van der Waals surface area (Å²) in [6.07, 6.45) is -0.694. The molecule has 1 aliphatic rings. The van der Waals surface area contributed by atoms with Crippen molar-refractivity contribution in [3.05, 3.63) is 101 Å². The maximum Gasteiger partial charge on any atom is 0.416 e. The molecule has 7 nitrogen and oxygen atoms in total. The number of halogens is 3. The lowest BCUT2D eigenvalue weighted by Crippen LogP contribution is -2.34. The Hall–Kier alpha value is -4.44. The standard InChI is InChI=1S/C33H35F3N6O/c1-22-6-3-9-27(18-22)41-31-40-21-28(29(42-31)38-17-5-16-37-2)24-12-10-23(11-13-24)20-39-30(43)32(14-15-32)25-7-4-8-26(19-25)33(34,35)36/h3-4,6-13,18-19,21,37H,5,14-17,20H2,1-2H3,(H,39,43)(H2,38,40,41,42). The van der Waals surface area contributed by atoms with Crippen molar-refractivity contribution in [2.45, 2.75) is 44.3 Å². The van der Waals surface area contributed by atoms with E-state index in [-0.39, 0.29) is 12.5 Å². The molecule has 4 aromatic rings. The molecule has 10 heteroatoms. The highest BCUT2D eigenvalue weighted by molar-refractivity contribution is 5.91. The molecule has 1 aromatic heterocycles. The highest BCUT2D eigenvalue weighted by Crippen LogP contribution is 2.49. The maximum absolute atomic E-state index is 13.2. The first kappa shape index (κ1) is 30.0. The van der Waals surface area contributed by atoms with E-state index in [9.17, 15) is 18.0 Å². The second-order valence-electron chi connectivity index (χ2n) is 10.9. The zero-order valence-corrected chi connectivity index (χ0v) is 24.2. The van der Waals surface area contributed by atoms with E-state index in [4.69, 9.17) is 4.98 Å². The molecule has 0 atom stereocenters. The van der Waals surface area contributed by atoms with Crippen molar-refractivity contribution in [3.63, 3.8) is 0 Å². The molecule has 1 fully saturated rings. The average molecular weight is 589 g/mol. The van der Waals surface area contributed by atoms with Crippen molar-refractivity contribution in [2.24, 2.45) is 0 Å². The van der Waals surface area contributed by atoms with Crippen LogP contribution in [0.4, 0.5) is 30.6 Å². The van der Waals surface area contributed by atoms with Crippen LogP contribution >= 0.6 is 0 Å². The number of carbonyl (C=O) groups is 1. The van der Waals surface area contributed by atoms with E-state index in [1.165, 1.54) is 6.07 Å². The van der Waals surface area contributed by atoms with E-state index < -0.39 is 17.2 Å². The molecule has 1 saturated carbocycles. The second-order valence-corrected chi connectivity index (χ2v) is 10.9. The van der Waals surface area contributed by atoms with Gasteiger partial charge in [-0.3, -0.25) is 4.79 Å². The van der Waals surface area contributed by atoms with Crippen LogP contribution in [0.15, 0.2) is 79.0 Å². The van der Waals surface area contributed by atoms with Gasteiger partial charge in [-0.2, -0.15) is 18.2 Å². The van der Waals surface area contributed by atoms with Crippen LogP contribution in [0.5, 0.6) is 0 Å². The lowest BCUT2D eigenvalue weighted by atomic mass is 9.93. The van der Waals surface area contributed by atoms with E-state index >= 15 is 0 Å². The van der Waals surface area contributed by atoms with Gasteiger partial charge in [-0.1, -0.05) is 54.6 Å². The molecule has 5 rings (SSSR count). The van der Waals surface area contributed by atoms with E-state index in [0.717, 1.165) is 59.6 Å². The fraction of sp³-hybridized carbons (Fsp3) is 0.303. The number of aryl methyl sites for hydroxylation is 1. The number of aromatic nitrogens is 2. The molecule has 4 N–H and O–H groups in total. The molecule has 0 spiro atoms. The van der Waals surface area contributed by atoms with E-state index in [2.05, 4.69) is 26.3 Å². The summed E-state index contributed by atoms with van der Waals surface area (Å²) in [5, 5.41) is 12.8. The Kier molecular flexibility index (Phi) is 8.96. The number of nitrogens with one attached hydrogen (secondary N) is 4. The molecular formula is C33H35F3N6O. The van der Waals surface area contributed by atoms with Crippen LogP contribution in [0.3, 0.4) is 0 Å². The quantitative estimate of drug-likeness (QED) is 0.140. The largest absolute Gasteiger partial charge is 0.416 e. The number of carbonyl (C=O) groups excluding carboxylic acids is 1. The Morgan fingerprint density at radius 2 is 1.74 bits per heavy atom. The minimum atomic E-state index is -4.45. The van der Waals surface area contributed by atoms with Gasteiger partial charge in [0.25, 0.3) is 0 Å². The third-order valence-electron chi connectivity index (χ3n) is 7.60. The minimum absolute atomic E-state index is 0.256. The normalized spacial score (nSPS) is 13.8. The monoisotopic (exact) mass is 588 g/mol. The first-order valence-corrected chi connectivity index (χ1v) is 14.3. The second kappa shape index (κ2) is 12.8. The Morgan fingerprint density at radius 1 is 0.977 bits per heavy atom. The summed E-state index contributed by atoms with van der Waals surface area (Å²) in [5.74, 6) is 0.938. The Morgan fingerprint density at radius 3 is 2.44 bits per heavy atom. The lowest BCUT2D eigenvalue weighted by molar-refractivity contribution is -0.137. The number of rotatable bonds is 12. The molecule has 43 heavy (non-hydrogen) atoms. The zero-order valence-electron chi connectivity index (χ0n) is 24.2. The third kappa shape index (κ3) is 7.32. The third-order valence-corrected chi connectivity index (χ3v) is 7.60. The van der Waals surface area contributed by atoms with Gasteiger partial charge in [-0.15, -0.1) is 0 Å². The summed E-state index contributed by atoms with van der Waals surface area (Å²) in [6.45, 7) is 3.90. The number of benzene rings is 3. The number of nitrogens with zero attached hydrogens (tertiary/aromatic N) is 2. The lowest BCUT2D eigenvalue weighted by Gasteiger charge is -2.18. The Labute approximate surface area is 249 Å². The molecule has 0 radical (unpaired) electrons. The van der Waals surface area contributed by atoms with Crippen molar-refractivity contribution in [1.82, 2.24) is 20.6 Å². The number of alkyl halides is 3. The summed E-state index contributed by atoms with van der Waals surface area (Å²) >= 11 is 0. The predicted molar refractivity (Wildman–Crippen MR) is 163 cm³/mol.